The maximum absolute atomic E-state index is 10.7. The molecule has 2 atom stereocenters. The number of methoxy groups -OCH3 is 1. The summed E-state index contributed by atoms with van der Waals surface area (Å²) in [4.78, 5) is 15.1. The van der Waals surface area contributed by atoms with Crippen LogP contribution < -0.4 is 5.32 Å². The number of anilines is 1. The van der Waals surface area contributed by atoms with Crippen molar-refractivity contribution in [3.8, 4) is 0 Å². The number of thiazole rings is 1. The van der Waals surface area contributed by atoms with Crippen LogP contribution in [-0.4, -0.2) is 35.3 Å². The maximum atomic E-state index is 10.7. The van der Waals surface area contributed by atoms with Crippen molar-refractivity contribution in [3.05, 3.63) is 11.1 Å². The molecule has 0 radical (unpaired) electrons. The summed E-state index contributed by atoms with van der Waals surface area (Å²) in [5, 5.41) is 12.7. The fraction of sp³-hybridized carbons (Fsp3) is 0.636. The molecule has 1 saturated carbocycles. The highest BCUT2D eigenvalue weighted by Gasteiger charge is 2.48. The molecule has 1 aliphatic rings. The van der Waals surface area contributed by atoms with Crippen molar-refractivity contribution >= 4 is 22.4 Å². The average molecular weight is 256 g/mol. The first-order chi connectivity index (χ1) is 7.95. The number of hydrogen-bond donors (Lipinski definition) is 2. The lowest BCUT2D eigenvalue weighted by Crippen LogP contribution is -2.57. The molecular weight excluding hydrogens is 240 g/mol. The quantitative estimate of drug-likeness (QED) is 0.863. The highest BCUT2D eigenvalue weighted by molar-refractivity contribution is 7.17. The molecule has 5 nitrogen and oxygen atoms in total. The smallest absolute Gasteiger partial charge is 0.347 e. The highest BCUT2D eigenvalue weighted by Crippen LogP contribution is 2.44. The van der Waals surface area contributed by atoms with Crippen molar-refractivity contribution in [2.75, 3.05) is 12.4 Å². The molecule has 1 fully saturated rings. The van der Waals surface area contributed by atoms with Gasteiger partial charge in [-0.1, -0.05) is 25.2 Å². The Morgan fingerprint density at radius 1 is 1.71 bits per heavy atom. The summed E-state index contributed by atoms with van der Waals surface area (Å²) >= 11 is 1.17. The van der Waals surface area contributed by atoms with E-state index in [0.717, 1.165) is 6.42 Å². The summed E-state index contributed by atoms with van der Waals surface area (Å²) in [6.07, 6.45) is 2.55. The Bertz CT molecular complexity index is 430. The van der Waals surface area contributed by atoms with E-state index in [2.05, 4.69) is 24.1 Å². The van der Waals surface area contributed by atoms with Crippen LogP contribution in [0.3, 0.4) is 0 Å². The number of carboxylic acid groups (broad SMARTS) is 1. The number of aromatic carboxylic acids is 1. The van der Waals surface area contributed by atoms with E-state index in [-0.39, 0.29) is 22.4 Å². The molecule has 6 heteroatoms. The molecule has 17 heavy (non-hydrogen) atoms. The molecule has 1 aliphatic carbocycles. The summed E-state index contributed by atoms with van der Waals surface area (Å²) < 4.78 is 5.36. The Kier molecular flexibility index (Phi) is 3.09. The summed E-state index contributed by atoms with van der Waals surface area (Å²) in [7, 11) is 1.72. The van der Waals surface area contributed by atoms with Gasteiger partial charge in [-0.3, -0.25) is 0 Å². The van der Waals surface area contributed by atoms with Crippen LogP contribution in [0.4, 0.5) is 5.13 Å². The summed E-state index contributed by atoms with van der Waals surface area (Å²) in [5.74, 6) is -0.932. The van der Waals surface area contributed by atoms with Crippen LogP contribution in [0.15, 0.2) is 6.20 Å². The monoisotopic (exact) mass is 256 g/mol. The summed E-state index contributed by atoms with van der Waals surface area (Å²) in [5.41, 5.74) is 0.0454. The van der Waals surface area contributed by atoms with Crippen molar-refractivity contribution in [1.82, 2.24) is 4.98 Å². The van der Waals surface area contributed by atoms with E-state index in [9.17, 15) is 4.79 Å². The minimum atomic E-state index is -0.932. The van der Waals surface area contributed by atoms with E-state index in [1.165, 1.54) is 17.5 Å². The van der Waals surface area contributed by atoms with Crippen molar-refractivity contribution in [2.24, 2.45) is 5.41 Å². The molecule has 0 bridgehead atoms. The molecule has 0 aliphatic heterocycles. The molecule has 2 rings (SSSR count). The van der Waals surface area contributed by atoms with Gasteiger partial charge in [0.25, 0.3) is 0 Å². The third kappa shape index (κ3) is 2.14. The van der Waals surface area contributed by atoms with Gasteiger partial charge in [0.05, 0.1) is 12.3 Å². The molecule has 2 unspecified atom stereocenters. The van der Waals surface area contributed by atoms with Crippen molar-refractivity contribution in [2.45, 2.75) is 32.4 Å². The van der Waals surface area contributed by atoms with E-state index < -0.39 is 5.97 Å². The van der Waals surface area contributed by atoms with Crippen LogP contribution in [0, 0.1) is 5.41 Å². The van der Waals surface area contributed by atoms with E-state index in [1.54, 1.807) is 7.11 Å². The second-order valence-electron chi connectivity index (χ2n) is 4.81. The standard InChI is InChI=1S/C11H16N2O3S/c1-11(2)7(4-8(11)16-3)13-10-12-5-6(17-10)9(14)15/h5,7-8H,4H2,1-3H3,(H,12,13)(H,14,15). The van der Waals surface area contributed by atoms with E-state index in [1.807, 2.05) is 0 Å². The molecule has 0 spiro atoms. The largest absolute Gasteiger partial charge is 0.477 e. The van der Waals surface area contributed by atoms with Gasteiger partial charge >= 0.3 is 5.97 Å². The topological polar surface area (TPSA) is 71.5 Å². The first-order valence-corrected chi connectivity index (χ1v) is 6.25. The molecule has 0 amide bonds. The van der Waals surface area contributed by atoms with Crippen molar-refractivity contribution in [3.63, 3.8) is 0 Å². The maximum Gasteiger partial charge on any atom is 0.347 e. The van der Waals surface area contributed by atoms with Crippen LogP contribution in [0.1, 0.15) is 29.9 Å². The number of carbonyl (C=O) groups is 1. The number of nitrogens with one attached hydrogen (secondary N) is 1. The highest BCUT2D eigenvalue weighted by atomic mass is 32.1. The zero-order valence-electron chi connectivity index (χ0n) is 10.1. The minimum Gasteiger partial charge on any atom is -0.477 e. The van der Waals surface area contributed by atoms with Crippen LogP contribution in [0.5, 0.6) is 0 Å². The lowest BCUT2D eigenvalue weighted by molar-refractivity contribution is -0.0794. The number of ether oxygens (including phenoxy) is 1. The van der Waals surface area contributed by atoms with Crippen molar-refractivity contribution in [1.29, 1.82) is 0 Å². The van der Waals surface area contributed by atoms with Gasteiger partial charge in [0.15, 0.2) is 5.13 Å². The Balaban J connectivity index is 2.00. The molecule has 0 saturated heterocycles. The Labute approximate surface area is 104 Å². The number of rotatable bonds is 4. The van der Waals surface area contributed by atoms with E-state index >= 15 is 0 Å². The van der Waals surface area contributed by atoms with Gasteiger partial charge < -0.3 is 15.2 Å². The predicted octanol–water partition coefficient (Wildman–Crippen LogP) is 2.07. The molecule has 2 N–H and O–H groups in total. The summed E-state index contributed by atoms with van der Waals surface area (Å²) in [6.45, 7) is 4.27. The number of nitrogens with zero attached hydrogens (tertiary/aromatic N) is 1. The Hall–Kier alpha value is -1.14. The SMILES string of the molecule is COC1CC(Nc2ncc(C(=O)O)s2)C1(C)C. The molecule has 1 aromatic heterocycles. The molecule has 94 valence electrons. The Morgan fingerprint density at radius 3 is 2.88 bits per heavy atom. The van der Waals surface area contributed by atoms with Gasteiger partial charge in [-0.2, -0.15) is 0 Å². The van der Waals surface area contributed by atoms with E-state index in [4.69, 9.17) is 9.84 Å². The van der Waals surface area contributed by atoms with Crippen LogP contribution in [0.2, 0.25) is 0 Å². The van der Waals surface area contributed by atoms with E-state index in [0.29, 0.717) is 5.13 Å². The summed E-state index contributed by atoms with van der Waals surface area (Å²) in [6, 6.07) is 0.278. The first kappa shape index (κ1) is 12.3. The average Bonchev–Trinajstić information content (AvgIpc) is 2.72. The zero-order valence-corrected chi connectivity index (χ0v) is 10.9. The predicted molar refractivity (Wildman–Crippen MR) is 65.7 cm³/mol. The number of aromatic nitrogens is 1. The van der Waals surface area contributed by atoms with Gasteiger partial charge in [0.1, 0.15) is 4.88 Å². The molecular formula is C11H16N2O3S. The second kappa shape index (κ2) is 4.27. The van der Waals surface area contributed by atoms with Crippen LogP contribution in [-0.2, 0) is 4.74 Å². The van der Waals surface area contributed by atoms with Crippen LogP contribution >= 0.6 is 11.3 Å². The minimum absolute atomic E-state index is 0.0454. The third-order valence-corrected chi connectivity index (χ3v) is 4.39. The molecule has 1 heterocycles. The lowest BCUT2D eigenvalue weighted by Gasteiger charge is -2.51. The van der Waals surface area contributed by atoms with Gasteiger partial charge in [0, 0.05) is 18.6 Å². The number of hydrogen-bond acceptors (Lipinski definition) is 5. The van der Waals surface area contributed by atoms with Crippen molar-refractivity contribution < 1.29 is 14.6 Å². The van der Waals surface area contributed by atoms with Gasteiger partial charge in [0.2, 0.25) is 0 Å². The Morgan fingerprint density at radius 2 is 2.41 bits per heavy atom. The fourth-order valence-electron chi connectivity index (χ4n) is 2.12. The molecule has 1 aromatic rings. The third-order valence-electron chi connectivity index (χ3n) is 3.48. The van der Waals surface area contributed by atoms with Gasteiger partial charge in [-0.05, 0) is 6.42 Å². The zero-order chi connectivity index (χ0) is 12.6. The molecule has 0 aromatic carbocycles. The second-order valence-corrected chi connectivity index (χ2v) is 5.84. The lowest BCUT2D eigenvalue weighted by atomic mass is 9.64. The normalized spacial score (nSPS) is 26.3. The van der Waals surface area contributed by atoms with Crippen LogP contribution in [0.25, 0.3) is 0 Å². The fourth-order valence-corrected chi connectivity index (χ4v) is 2.83. The van der Waals surface area contributed by atoms with Gasteiger partial charge in [-0.15, -0.1) is 0 Å². The first-order valence-electron chi connectivity index (χ1n) is 5.43. The number of carboxylic acids is 1. The van der Waals surface area contributed by atoms with Gasteiger partial charge in [-0.25, -0.2) is 9.78 Å².